The summed E-state index contributed by atoms with van der Waals surface area (Å²) in [6.07, 6.45) is -1.91. The Morgan fingerprint density at radius 3 is 2.52 bits per heavy atom. The number of non-ortho nitro benzene ring substituents is 1. The number of alkyl halides is 2. The van der Waals surface area contributed by atoms with Gasteiger partial charge >= 0.3 is 0 Å². The van der Waals surface area contributed by atoms with Crippen molar-refractivity contribution in [3.63, 3.8) is 0 Å². The van der Waals surface area contributed by atoms with E-state index in [4.69, 9.17) is 16.3 Å². The Hall–Kier alpha value is -4.97. The van der Waals surface area contributed by atoms with Gasteiger partial charge in [-0.15, -0.1) is 0 Å². The van der Waals surface area contributed by atoms with Crippen molar-refractivity contribution in [1.82, 2.24) is 14.6 Å². The first-order valence-electron chi connectivity index (χ1n) is 11.6. The van der Waals surface area contributed by atoms with Crippen LogP contribution in [-0.2, 0) is 0 Å². The number of nitrogens with one attached hydrogen (secondary N) is 1. The van der Waals surface area contributed by atoms with Crippen LogP contribution in [0.2, 0.25) is 5.02 Å². The van der Waals surface area contributed by atoms with Crippen LogP contribution in [0.25, 0.3) is 16.9 Å². The van der Waals surface area contributed by atoms with Gasteiger partial charge in [-0.3, -0.25) is 14.9 Å². The normalized spacial score (nSPS) is 11.2. The Morgan fingerprint density at radius 1 is 1.10 bits per heavy atom. The van der Waals surface area contributed by atoms with E-state index in [0.29, 0.717) is 21.9 Å². The van der Waals surface area contributed by atoms with Gasteiger partial charge in [0.25, 0.3) is 18.0 Å². The molecule has 5 rings (SSSR count). The molecule has 0 fully saturated rings. The molecule has 0 spiro atoms. The maximum absolute atomic E-state index is 13.9. The first-order chi connectivity index (χ1) is 19.1. The molecule has 2 heterocycles. The molecule has 5 aromatic rings. The van der Waals surface area contributed by atoms with Crippen LogP contribution in [0.3, 0.4) is 0 Å². The van der Waals surface area contributed by atoms with Crippen LogP contribution < -0.4 is 10.1 Å². The van der Waals surface area contributed by atoms with Gasteiger partial charge in [0, 0.05) is 22.7 Å². The van der Waals surface area contributed by atoms with Gasteiger partial charge in [-0.2, -0.15) is 5.10 Å². The molecule has 0 radical (unpaired) electrons. The van der Waals surface area contributed by atoms with E-state index in [-0.39, 0.29) is 34.0 Å². The molecular weight excluding hydrogens is 551 g/mol. The number of fused-ring (bicyclic) bond motifs is 1. The van der Waals surface area contributed by atoms with Gasteiger partial charge in [-0.05, 0) is 61.0 Å². The molecule has 0 aliphatic carbocycles. The average Bonchev–Trinajstić information content (AvgIpc) is 3.34. The van der Waals surface area contributed by atoms with Crippen molar-refractivity contribution >= 4 is 34.5 Å². The number of ether oxygens (including phenoxy) is 1. The smallest absolute Gasteiger partial charge is 0.280 e. The summed E-state index contributed by atoms with van der Waals surface area (Å²) < 4.78 is 47.8. The summed E-state index contributed by atoms with van der Waals surface area (Å²) in [5.41, 5.74) is -0.166. The molecule has 1 N–H and O–H groups in total. The lowest BCUT2D eigenvalue weighted by Crippen LogP contribution is -2.13. The molecule has 0 atom stereocenters. The molecule has 3 aromatic carbocycles. The highest BCUT2D eigenvalue weighted by Gasteiger charge is 2.23. The lowest BCUT2D eigenvalue weighted by atomic mass is 10.1. The van der Waals surface area contributed by atoms with Gasteiger partial charge in [0.05, 0.1) is 28.6 Å². The number of nitrogens with zero attached hydrogens (tertiary/aromatic N) is 4. The van der Waals surface area contributed by atoms with E-state index in [9.17, 15) is 28.1 Å². The van der Waals surface area contributed by atoms with Crippen molar-refractivity contribution in [2.45, 2.75) is 13.3 Å². The molecule has 0 aliphatic heterocycles. The molecule has 0 bridgehead atoms. The van der Waals surface area contributed by atoms with Crippen LogP contribution in [0.5, 0.6) is 11.5 Å². The number of amides is 1. The van der Waals surface area contributed by atoms with Crippen LogP contribution in [0.15, 0.2) is 72.9 Å². The molecule has 0 unspecified atom stereocenters. The maximum atomic E-state index is 13.9. The molecule has 202 valence electrons. The second-order valence-electron chi connectivity index (χ2n) is 8.61. The second-order valence-corrected chi connectivity index (χ2v) is 9.04. The summed E-state index contributed by atoms with van der Waals surface area (Å²) in [5, 5.41) is 18.5. The number of hydrogen-bond acceptors (Lipinski definition) is 6. The first-order valence-corrected chi connectivity index (χ1v) is 11.9. The number of halogens is 4. The van der Waals surface area contributed by atoms with E-state index in [1.54, 1.807) is 25.1 Å². The molecule has 13 heteroatoms. The molecular formula is C27H17ClF3N5O4. The zero-order valence-electron chi connectivity index (χ0n) is 20.4. The van der Waals surface area contributed by atoms with Crippen molar-refractivity contribution in [2.24, 2.45) is 0 Å². The fraction of sp³-hybridized carbons (Fsp3) is 0.0741. The second kappa shape index (κ2) is 10.7. The number of benzene rings is 3. The minimum atomic E-state index is -2.96. The molecule has 40 heavy (non-hydrogen) atoms. The summed E-state index contributed by atoms with van der Waals surface area (Å²) >= 11 is 5.98. The summed E-state index contributed by atoms with van der Waals surface area (Å²) in [6.45, 7) is 1.74. The summed E-state index contributed by atoms with van der Waals surface area (Å²) in [4.78, 5) is 28.5. The first kappa shape index (κ1) is 26.6. The van der Waals surface area contributed by atoms with Crippen LogP contribution in [0.4, 0.5) is 24.5 Å². The van der Waals surface area contributed by atoms with E-state index >= 15 is 0 Å². The van der Waals surface area contributed by atoms with Crippen molar-refractivity contribution in [1.29, 1.82) is 0 Å². The number of nitro benzene ring substituents is 1. The number of anilines is 1. The number of carbonyl (C=O) groups excluding carboxylic acids is 1. The third kappa shape index (κ3) is 5.43. The predicted octanol–water partition coefficient (Wildman–Crippen LogP) is 7.39. The van der Waals surface area contributed by atoms with Crippen LogP contribution >= 0.6 is 11.6 Å². The van der Waals surface area contributed by atoms with E-state index in [2.05, 4.69) is 15.4 Å². The molecule has 2 aromatic heterocycles. The van der Waals surface area contributed by atoms with Gasteiger partial charge in [0.2, 0.25) is 0 Å². The van der Waals surface area contributed by atoms with E-state index in [1.807, 2.05) is 0 Å². The zero-order chi connectivity index (χ0) is 28.6. The standard InChI is InChI=1S/C27H17ClF3N5O4/c1-14-8-16(28)4-7-24(14)40-20-10-18(9-19(11-20)36(38)39)33-27(37)21-13-32-35-23(25(30)31)12-22(34-26(21)35)15-2-5-17(29)6-3-15/h2-13,25H,1H3,(H,33,37). The zero-order valence-corrected chi connectivity index (χ0v) is 21.2. The highest BCUT2D eigenvalue weighted by molar-refractivity contribution is 6.30. The number of hydrogen-bond donors (Lipinski definition) is 1. The van der Waals surface area contributed by atoms with Gasteiger partial charge in [-0.25, -0.2) is 22.7 Å². The highest BCUT2D eigenvalue weighted by Crippen LogP contribution is 2.33. The topological polar surface area (TPSA) is 112 Å². The fourth-order valence-electron chi connectivity index (χ4n) is 3.94. The SMILES string of the molecule is Cc1cc(Cl)ccc1Oc1cc(NC(=O)c2cnn3c(C(F)F)cc(-c4ccc(F)cc4)nc23)cc([N+](=O)[O-])c1. The minimum absolute atomic E-state index is 0.00365. The molecule has 0 saturated heterocycles. The Kier molecular flexibility index (Phi) is 7.09. The lowest BCUT2D eigenvalue weighted by Gasteiger charge is -2.11. The number of carbonyl (C=O) groups is 1. The van der Waals surface area contributed by atoms with Gasteiger partial charge in [0.1, 0.15) is 28.6 Å². The third-order valence-electron chi connectivity index (χ3n) is 5.83. The van der Waals surface area contributed by atoms with Crippen molar-refractivity contribution in [3.8, 4) is 22.8 Å². The van der Waals surface area contributed by atoms with Crippen molar-refractivity contribution in [3.05, 3.63) is 111 Å². The van der Waals surface area contributed by atoms with Gasteiger partial charge < -0.3 is 10.1 Å². The van der Waals surface area contributed by atoms with Gasteiger partial charge in [0.15, 0.2) is 5.65 Å². The van der Waals surface area contributed by atoms with Gasteiger partial charge in [-0.1, -0.05) is 11.6 Å². The maximum Gasteiger partial charge on any atom is 0.280 e. The summed E-state index contributed by atoms with van der Waals surface area (Å²) in [6, 6.07) is 14.7. The number of aromatic nitrogens is 3. The van der Waals surface area contributed by atoms with Crippen molar-refractivity contribution < 1.29 is 27.6 Å². The fourth-order valence-corrected chi connectivity index (χ4v) is 4.17. The molecule has 1 amide bonds. The molecule has 0 aliphatic rings. The van der Waals surface area contributed by atoms with Crippen LogP contribution in [-0.4, -0.2) is 25.4 Å². The van der Waals surface area contributed by atoms with Crippen LogP contribution in [0, 0.1) is 22.9 Å². The Bertz CT molecular complexity index is 1780. The van der Waals surface area contributed by atoms with E-state index in [0.717, 1.165) is 35.0 Å². The molecule has 9 nitrogen and oxygen atoms in total. The largest absolute Gasteiger partial charge is 0.457 e. The highest BCUT2D eigenvalue weighted by atomic mass is 35.5. The number of rotatable bonds is 7. The van der Waals surface area contributed by atoms with Crippen molar-refractivity contribution in [2.75, 3.05) is 5.32 Å². The minimum Gasteiger partial charge on any atom is -0.457 e. The van der Waals surface area contributed by atoms with E-state index in [1.165, 1.54) is 24.3 Å². The third-order valence-corrected chi connectivity index (χ3v) is 6.07. The van der Waals surface area contributed by atoms with E-state index < -0.39 is 28.8 Å². The quantitative estimate of drug-likeness (QED) is 0.162. The molecule has 0 saturated carbocycles. The summed E-state index contributed by atoms with van der Waals surface area (Å²) in [7, 11) is 0. The Labute approximate surface area is 229 Å². The predicted molar refractivity (Wildman–Crippen MR) is 141 cm³/mol. The Balaban J connectivity index is 1.52. The number of nitro groups is 1. The number of aryl methyl sites for hydroxylation is 1. The average molecular weight is 568 g/mol. The monoisotopic (exact) mass is 567 g/mol. The summed E-state index contributed by atoms with van der Waals surface area (Å²) in [5.74, 6) is -0.878. The Morgan fingerprint density at radius 2 is 1.85 bits per heavy atom. The lowest BCUT2D eigenvalue weighted by molar-refractivity contribution is -0.384. The van der Waals surface area contributed by atoms with Crippen LogP contribution in [0.1, 0.15) is 28.0 Å².